The summed E-state index contributed by atoms with van der Waals surface area (Å²) in [6, 6.07) is 0. The first-order chi connectivity index (χ1) is 4.34. The Morgan fingerprint density at radius 3 is 3.11 bits per heavy atom. The van der Waals surface area contributed by atoms with Crippen LogP contribution in [0.3, 0.4) is 0 Å². The van der Waals surface area contributed by atoms with E-state index in [0.29, 0.717) is 13.0 Å². The Morgan fingerprint density at radius 2 is 2.67 bits per heavy atom. The summed E-state index contributed by atoms with van der Waals surface area (Å²) < 4.78 is 0. The summed E-state index contributed by atoms with van der Waals surface area (Å²) in [7, 11) is 0. The molecule has 0 radical (unpaired) electrons. The second kappa shape index (κ2) is 2.64. The van der Waals surface area contributed by atoms with Gasteiger partial charge >= 0.3 is 0 Å². The minimum atomic E-state index is 0.0110. The molecule has 0 atom stereocenters. The standard InChI is InChI=1S/C6H9NO2/c1-2-9-7-5-3-4-6(7)8/h3,5H,2,4H2,1H3. The molecule has 9 heavy (non-hydrogen) atoms. The molecule has 0 aromatic heterocycles. The molecule has 3 heteroatoms. The number of amides is 1. The maximum Gasteiger partial charge on any atom is 0.254 e. The highest BCUT2D eigenvalue weighted by Crippen LogP contribution is 2.05. The van der Waals surface area contributed by atoms with Gasteiger partial charge in [-0.05, 0) is 6.92 Å². The molecule has 0 N–H and O–H groups in total. The van der Waals surface area contributed by atoms with E-state index in [1.165, 1.54) is 5.06 Å². The molecule has 1 heterocycles. The minimum absolute atomic E-state index is 0.0110. The van der Waals surface area contributed by atoms with Gasteiger partial charge in [0, 0.05) is 12.6 Å². The molecule has 1 amide bonds. The molecular weight excluding hydrogens is 118 g/mol. The van der Waals surface area contributed by atoms with Crippen molar-refractivity contribution >= 4 is 5.91 Å². The Kier molecular flexibility index (Phi) is 1.85. The summed E-state index contributed by atoms with van der Waals surface area (Å²) >= 11 is 0. The fourth-order valence-corrected chi connectivity index (χ4v) is 0.676. The Morgan fingerprint density at radius 1 is 1.89 bits per heavy atom. The van der Waals surface area contributed by atoms with Gasteiger partial charge in [-0.15, -0.1) is 0 Å². The Labute approximate surface area is 53.9 Å². The number of hydroxylamine groups is 2. The second-order valence-corrected chi connectivity index (χ2v) is 1.73. The third kappa shape index (κ3) is 1.29. The van der Waals surface area contributed by atoms with E-state index in [1.54, 1.807) is 12.3 Å². The van der Waals surface area contributed by atoms with E-state index in [-0.39, 0.29) is 5.91 Å². The van der Waals surface area contributed by atoms with Crippen molar-refractivity contribution in [1.82, 2.24) is 5.06 Å². The molecular formula is C6H9NO2. The number of nitrogens with zero attached hydrogens (tertiary/aromatic N) is 1. The maximum atomic E-state index is 10.7. The number of hydrogen-bond acceptors (Lipinski definition) is 2. The van der Waals surface area contributed by atoms with Gasteiger partial charge in [-0.3, -0.25) is 9.63 Å². The summed E-state index contributed by atoms with van der Waals surface area (Å²) in [5.74, 6) is 0.0110. The average molecular weight is 127 g/mol. The highest BCUT2D eigenvalue weighted by Gasteiger charge is 2.13. The zero-order chi connectivity index (χ0) is 6.69. The van der Waals surface area contributed by atoms with Crippen molar-refractivity contribution in [2.75, 3.05) is 6.61 Å². The largest absolute Gasteiger partial charge is 0.272 e. The van der Waals surface area contributed by atoms with E-state index in [9.17, 15) is 4.79 Å². The number of rotatable bonds is 2. The number of carbonyl (C=O) groups excluding carboxylic acids is 1. The van der Waals surface area contributed by atoms with Crippen molar-refractivity contribution in [3.05, 3.63) is 12.3 Å². The highest BCUT2D eigenvalue weighted by molar-refractivity contribution is 5.79. The maximum absolute atomic E-state index is 10.7. The van der Waals surface area contributed by atoms with Gasteiger partial charge in [0.25, 0.3) is 5.91 Å². The number of hydrogen-bond donors (Lipinski definition) is 0. The smallest absolute Gasteiger partial charge is 0.254 e. The molecule has 0 spiro atoms. The molecule has 50 valence electrons. The molecule has 0 unspecified atom stereocenters. The average Bonchev–Trinajstić information content (AvgIpc) is 2.18. The van der Waals surface area contributed by atoms with Gasteiger partial charge in [-0.1, -0.05) is 6.08 Å². The van der Waals surface area contributed by atoms with Gasteiger partial charge in [0.15, 0.2) is 0 Å². The summed E-state index contributed by atoms with van der Waals surface area (Å²) in [4.78, 5) is 15.6. The quantitative estimate of drug-likeness (QED) is 0.546. The molecule has 0 aliphatic carbocycles. The summed E-state index contributed by atoms with van der Waals surface area (Å²) in [6.07, 6.45) is 3.89. The zero-order valence-electron chi connectivity index (χ0n) is 5.33. The van der Waals surface area contributed by atoms with Gasteiger partial charge < -0.3 is 0 Å². The molecule has 0 aromatic carbocycles. The van der Waals surface area contributed by atoms with E-state index in [1.807, 2.05) is 6.92 Å². The Bertz CT molecular complexity index is 142. The highest BCUT2D eigenvalue weighted by atomic mass is 16.7. The van der Waals surface area contributed by atoms with Crippen molar-refractivity contribution in [3.8, 4) is 0 Å². The summed E-state index contributed by atoms with van der Waals surface area (Å²) in [6.45, 7) is 2.38. The van der Waals surface area contributed by atoms with Crippen molar-refractivity contribution in [1.29, 1.82) is 0 Å². The van der Waals surface area contributed by atoms with E-state index in [2.05, 4.69) is 0 Å². The molecule has 0 fully saturated rings. The first-order valence-electron chi connectivity index (χ1n) is 2.96. The predicted molar refractivity (Wildman–Crippen MR) is 32.2 cm³/mol. The van der Waals surface area contributed by atoms with Crippen LogP contribution >= 0.6 is 0 Å². The normalized spacial score (nSPS) is 17.4. The van der Waals surface area contributed by atoms with E-state index >= 15 is 0 Å². The zero-order valence-corrected chi connectivity index (χ0v) is 5.33. The molecule has 0 saturated heterocycles. The van der Waals surface area contributed by atoms with Crippen LogP contribution in [0.4, 0.5) is 0 Å². The van der Waals surface area contributed by atoms with Gasteiger partial charge in [0.1, 0.15) is 0 Å². The number of carbonyl (C=O) groups is 1. The van der Waals surface area contributed by atoms with Crippen molar-refractivity contribution in [2.45, 2.75) is 13.3 Å². The molecule has 1 aliphatic rings. The SMILES string of the molecule is CCON1C=CCC1=O. The van der Waals surface area contributed by atoms with Crippen LogP contribution in [0.2, 0.25) is 0 Å². The lowest BCUT2D eigenvalue weighted by atomic mass is 10.5. The van der Waals surface area contributed by atoms with Crippen LogP contribution in [0.1, 0.15) is 13.3 Å². The van der Waals surface area contributed by atoms with Crippen molar-refractivity contribution < 1.29 is 9.63 Å². The Hall–Kier alpha value is -0.830. The topological polar surface area (TPSA) is 29.5 Å². The van der Waals surface area contributed by atoms with Gasteiger partial charge in [0.05, 0.1) is 6.61 Å². The van der Waals surface area contributed by atoms with Crippen LogP contribution < -0.4 is 0 Å². The molecule has 3 nitrogen and oxygen atoms in total. The third-order valence-electron chi connectivity index (χ3n) is 1.05. The lowest BCUT2D eigenvalue weighted by Crippen LogP contribution is -2.20. The lowest BCUT2D eigenvalue weighted by Gasteiger charge is -2.10. The fraction of sp³-hybridized carbons (Fsp3) is 0.500. The lowest BCUT2D eigenvalue weighted by molar-refractivity contribution is -0.165. The van der Waals surface area contributed by atoms with Crippen LogP contribution in [0.15, 0.2) is 12.3 Å². The third-order valence-corrected chi connectivity index (χ3v) is 1.05. The van der Waals surface area contributed by atoms with Gasteiger partial charge in [-0.2, -0.15) is 5.06 Å². The second-order valence-electron chi connectivity index (χ2n) is 1.73. The van der Waals surface area contributed by atoms with Crippen LogP contribution in [-0.2, 0) is 9.63 Å². The molecule has 1 aliphatic heterocycles. The van der Waals surface area contributed by atoms with Crippen LogP contribution in [-0.4, -0.2) is 17.6 Å². The monoisotopic (exact) mass is 127 g/mol. The van der Waals surface area contributed by atoms with Crippen LogP contribution in [0.25, 0.3) is 0 Å². The molecule has 0 bridgehead atoms. The van der Waals surface area contributed by atoms with E-state index < -0.39 is 0 Å². The Balaban J connectivity index is 2.40. The van der Waals surface area contributed by atoms with Crippen molar-refractivity contribution in [2.24, 2.45) is 0 Å². The van der Waals surface area contributed by atoms with Gasteiger partial charge in [0.2, 0.25) is 0 Å². The first kappa shape index (κ1) is 6.29. The van der Waals surface area contributed by atoms with E-state index in [4.69, 9.17) is 4.84 Å². The first-order valence-corrected chi connectivity index (χ1v) is 2.96. The summed E-state index contributed by atoms with van der Waals surface area (Å²) in [5, 5.41) is 1.26. The summed E-state index contributed by atoms with van der Waals surface area (Å²) in [5.41, 5.74) is 0. The molecule has 0 saturated carbocycles. The molecule has 0 aromatic rings. The van der Waals surface area contributed by atoms with Crippen molar-refractivity contribution in [3.63, 3.8) is 0 Å². The predicted octanol–water partition coefficient (Wildman–Crippen LogP) is 0.684. The van der Waals surface area contributed by atoms with Gasteiger partial charge in [-0.25, -0.2) is 0 Å². The molecule has 1 rings (SSSR count). The minimum Gasteiger partial charge on any atom is -0.272 e. The van der Waals surface area contributed by atoms with Crippen LogP contribution in [0.5, 0.6) is 0 Å². The van der Waals surface area contributed by atoms with Crippen LogP contribution in [0, 0.1) is 0 Å². The fourth-order valence-electron chi connectivity index (χ4n) is 0.676. The van der Waals surface area contributed by atoms with E-state index in [0.717, 1.165) is 0 Å².